The van der Waals surface area contributed by atoms with Crippen molar-refractivity contribution in [3.8, 4) is 0 Å². The van der Waals surface area contributed by atoms with E-state index in [4.69, 9.17) is 4.42 Å². The maximum atomic E-state index is 14.5. The molecule has 2 heterocycles. The Morgan fingerprint density at radius 1 is 0.976 bits per heavy atom. The molecule has 0 saturated carbocycles. The van der Waals surface area contributed by atoms with Gasteiger partial charge in [-0.25, -0.2) is 10.3 Å². The van der Waals surface area contributed by atoms with Crippen LogP contribution in [0.1, 0.15) is 50.1 Å². The zero-order chi connectivity index (χ0) is 29.3. The fourth-order valence-corrected chi connectivity index (χ4v) is 7.06. The lowest BCUT2D eigenvalue weighted by molar-refractivity contribution is -0.384. The lowest BCUT2D eigenvalue weighted by Crippen LogP contribution is -2.54. The van der Waals surface area contributed by atoms with Gasteiger partial charge in [-0.15, -0.1) is 0 Å². The van der Waals surface area contributed by atoms with Crippen LogP contribution in [0.4, 0.5) is 11.4 Å². The summed E-state index contributed by atoms with van der Waals surface area (Å²) in [5, 5.41) is 16.4. The van der Waals surface area contributed by atoms with Gasteiger partial charge in [0.25, 0.3) is 5.69 Å². The van der Waals surface area contributed by atoms with Gasteiger partial charge in [0.2, 0.25) is 11.8 Å². The average molecular weight is 561 g/mol. The average Bonchev–Trinajstić information content (AvgIpc) is 3.54. The van der Waals surface area contributed by atoms with Crippen LogP contribution >= 0.6 is 0 Å². The van der Waals surface area contributed by atoms with Gasteiger partial charge in [-0.05, 0) is 59.9 Å². The second kappa shape index (κ2) is 9.07. The standard InChI is InChI=1S/C32H24N4O6/c1-17-11-13-23(24(15-17)36(40)41)35-30(38)27-26-19-7-3-5-9-21(19)32(28(27)31(35)39,22-10-6-4-8-20(22)26)16-33-34-29(37)25-14-12-18(2)42-25/h3-16,26-28H,1-2H3,(H,34,37)/b33-16-/t26?,27-,28-,32?/m0/s1. The molecular formula is C32H24N4O6. The Morgan fingerprint density at radius 3 is 2.26 bits per heavy atom. The predicted octanol–water partition coefficient (Wildman–Crippen LogP) is 4.77. The number of furan rings is 1. The number of hydrazone groups is 1. The smallest absolute Gasteiger partial charge is 0.307 e. The van der Waals surface area contributed by atoms with E-state index >= 15 is 0 Å². The highest BCUT2D eigenvalue weighted by Crippen LogP contribution is 2.64. The van der Waals surface area contributed by atoms with Crippen LogP contribution in [0.5, 0.6) is 0 Å². The van der Waals surface area contributed by atoms with E-state index in [0.717, 1.165) is 27.2 Å². The van der Waals surface area contributed by atoms with Gasteiger partial charge < -0.3 is 4.42 Å². The zero-order valence-corrected chi connectivity index (χ0v) is 22.6. The number of nitro groups is 1. The molecule has 4 aliphatic rings. The Morgan fingerprint density at radius 2 is 1.64 bits per heavy atom. The summed E-state index contributed by atoms with van der Waals surface area (Å²) in [5.41, 5.74) is 4.87. The summed E-state index contributed by atoms with van der Waals surface area (Å²) in [6, 6.07) is 22.8. The first-order valence-electron chi connectivity index (χ1n) is 13.5. The molecule has 2 atom stereocenters. The summed E-state index contributed by atoms with van der Waals surface area (Å²) in [6.07, 6.45) is 1.53. The third kappa shape index (κ3) is 3.38. The van der Waals surface area contributed by atoms with Gasteiger partial charge in [0.1, 0.15) is 11.4 Å². The summed E-state index contributed by atoms with van der Waals surface area (Å²) in [5.74, 6) is -3.19. The number of benzene rings is 3. The molecule has 208 valence electrons. The van der Waals surface area contributed by atoms with E-state index in [1.54, 1.807) is 26.0 Å². The Balaban J connectivity index is 1.42. The van der Waals surface area contributed by atoms with Gasteiger partial charge in [0.15, 0.2) is 5.76 Å². The van der Waals surface area contributed by atoms with Crippen LogP contribution < -0.4 is 10.3 Å². The van der Waals surface area contributed by atoms with E-state index in [1.807, 2.05) is 48.5 Å². The number of aryl methyl sites for hydroxylation is 2. The molecule has 0 radical (unpaired) electrons. The molecule has 1 N–H and O–H groups in total. The van der Waals surface area contributed by atoms with Gasteiger partial charge >= 0.3 is 5.91 Å². The van der Waals surface area contributed by atoms with Crippen LogP contribution in [0.25, 0.3) is 0 Å². The van der Waals surface area contributed by atoms with Crippen LogP contribution in [0, 0.1) is 35.8 Å². The third-order valence-electron chi connectivity index (χ3n) is 8.65. The molecule has 4 aromatic rings. The van der Waals surface area contributed by atoms with Crippen molar-refractivity contribution < 1.29 is 23.7 Å². The highest BCUT2D eigenvalue weighted by molar-refractivity contribution is 6.25. The first kappa shape index (κ1) is 25.6. The number of carbonyl (C=O) groups is 3. The maximum Gasteiger partial charge on any atom is 0.307 e. The first-order valence-corrected chi connectivity index (χ1v) is 13.5. The van der Waals surface area contributed by atoms with E-state index in [1.165, 1.54) is 24.4 Å². The second-order valence-electron chi connectivity index (χ2n) is 10.9. The number of amides is 3. The third-order valence-corrected chi connectivity index (χ3v) is 8.65. The Labute approximate surface area is 239 Å². The van der Waals surface area contributed by atoms with E-state index in [-0.39, 0.29) is 17.1 Å². The van der Waals surface area contributed by atoms with Crippen molar-refractivity contribution in [2.75, 3.05) is 4.90 Å². The number of carbonyl (C=O) groups excluding carboxylic acids is 3. The monoisotopic (exact) mass is 560 g/mol. The van der Waals surface area contributed by atoms with Crippen molar-refractivity contribution >= 4 is 35.3 Å². The molecule has 2 bridgehead atoms. The molecule has 3 aliphatic carbocycles. The van der Waals surface area contributed by atoms with Crippen molar-refractivity contribution in [1.29, 1.82) is 0 Å². The van der Waals surface area contributed by atoms with Gasteiger partial charge in [-0.2, -0.15) is 5.10 Å². The number of imide groups is 1. The number of anilines is 1. The second-order valence-corrected chi connectivity index (χ2v) is 10.9. The largest absolute Gasteiger partial charge is 0.456 e. The highest BCUT2D eigenvalue weighted by Gasteiger charge is 2.68. The molecule has 10 heteroatoms. The van der Waals surface area contributed by atoms with Gasteiger partial charge in [-0.1, -0.05) is 54.6 Å². The molecule has 8 rings (SSSR count). The fourth-order valence-electron chi connectivity index (χ4n) is 7.06. The minimum atomic E-state index is -1.24. The van der Waals surface area contributed by atoms with Crippen LogP contribution in [0.15, 0.2) is 88.4 Å². The molecule has 3 aromatic carbocycles. The molecule has 3 amide bonds. The number of hydrogen-bond acceptors (Lipinski definition) is 7. The normalized spacial score (nSPS) is 23.6. The van der Waals surface area contributed by atoms with Crippen LogP contribution in [0.3, 0.4) is 0 Å². The van der Waals surface area contributed by atoms with Gasteiger partial charge in [-0.3, -0.25) is 24.5 Å². The van der Waals surface area contributed by atoms with E-state index in [2.05, 4.69) is 10.5 Å². The Hall–Kier alpha value is -5.38. The topological polar surface area (TPSA) is 135 Å². The van der Waals surface area contributed by atoms with Crippen molar-refractivity contribution in [3.05, 3.63) is 128 Å². The van der Waals surface area contributed by atoms with Crippen molar-refractivity contribution in [1.82, 2.24) is 5.43 Å². The summed E-state index contributed by atoms with van der Waals surface area (Å²) in [7, 11) is 0. The molecule has 42 heavy (non-hydrogen) atoms. The van der Waals surface area contributed by atoms with Crippen LogP contribution in [-0.2, 0) is 15.0 Å². The van der Waals surface area contributed by atoms with Crippen LogP contribution in [0.2, 0.25) is 0 Å². The summed E-state index contributed by atoms with van der Waals surface area (Å²) >= 11 is 0. The fraction of sp³-hybridized carbons (Fsp3) is 0.188. The highest BCUT2D eigenvalue weighted by atomic mass is 16.6. The lowest BCUT2D eigenvalue weighted by Gasteiger charge is -2.52. The maximum absolute atomic E-state index is 14.5. The minimum absolute atomic E-state index is 0.0592. The van der Waals surface area contributed by atoms with Gasteiger partial charge in [0.05, 0.1) is 22.2 Å². The lowest BCUT2D eigenvalue weighted by atomic mass is 9.47. The van der Waals surface area contributed by atoms with Gasteiger partial charge in [0, 0.05) is 18.2 Å². The molecule has 1 fully saturated rings. The molecule has 0 spiro atoms. The van der Waals surface area contributed by atoms with Crippen LogP contribution in [-0.4, -0.2) is 28.9 Å². The summed E-state index contributed by atoms with van der Waals surface area (Å²) in [4.78, 5) is 54.0. The summed E-state index contributed by atoms with van der Waals surface area (Å²) < 4.78 is 5.42. The number of nitro benzene ring substituents is 1. The molecule has 1 saturated heterocycles. The molecule has 1 aliphatic heterocycles. The van der Waals surface area contributed by atoms with E-state index in [9.17, 15) is 24.5 Å². The summed E-state index contributed by atoms with van der Waals surface area (Å²) in [6.45, 7) is 3.43. The van der Waals surface area contributed by atoms with Crippen molar-refractivity contribution in [2.45, 2.75) is 25.2 Å². The number of nitrogens with zero attached hydrogens (tertiary/aromatic N) is 3. The molecular weight excluding hydrogens is 536 g/mol. The molecule has 1 aromatic heterocycles. The first-order chi connectivity index (χ1) is 20.2. The molecule has 0 unspecified atom stereocenters. The Bertz CT molecular complexity index is 1830. The Kier molecular flexibility index (Phi) is 5.52. The predicted molar refractivity (Wildman–Crippen MR) is 152 cm³/mol. The van der Waals surface area contributed by atoms with Crippen molar-refractivity contribution in [2.24, 2.45) is 16.9 Å². The van der Waals surface area contributed by atoms with E-state index in [0.29, 0.717) is 11.3 Å². The zero-order valence-electron chi connectivity index (χ0n) is 22.6. The number of rotatable bonds is 5. The SMILES string of the molecule is Cc1ccc(N2C(=O)[C@@H]3[C@@H](C2=O)C2c4ccccc4C3(/C=N\NC(=O)c3ccc(C)o3)c3ccccc32)c([N+](=O)[O-])c1. The van der Waals surface area contributed by atoms with Crippen molar-refractivity contribution in [3.63, 3.8) is 0 Å². The quantitative estimate of drug-likeness (QED) is 0.162. The minimum Gasteiger partial charge on any atom is -0.456 e. The number of hydrogen-bond donors (Lipinski definition) is 1. The molecule has 10 nitrogen and oxygen atoms in total. The van der Waals surface area contributed by atoms with E-state index < -0.39 is 45.8 Å². The number of nitrogens with one attached hydrogen (secondary N) is 1.